The van der Waals surface area contributed by atoms with Crippen LogP contribution in [0.2, 0.25) is 0 Å². The highest BCUT2D eigenvalue weighted by Gasteiger charge is 2.35. The van der Waals surface area contributed by atoms with Gasteiger partial charge < -0.3 is 20.3 Å². The zero-order chi connectivity index (χ0) is 23.3. The van der Waals surface area contributed by atoms with Crippen LogP contribution < -0.4 is 20.3 Å². The number of carbonyl (C=O) groups excluding carboxylic acids is 3. The zero-order valence-electron chi connectivity index (χ0n) is 19.1. The number of nitrogens with zero attached hydrogens (tertiary/aromatic N) is 1. The molecular weight excluding hydrogens is 406 g/mol. The molecule has 2 aromatic rings. The third-order valence-electron chi connectivity index (χ3n) is 5.37. The van der Waals surface area contributed by atoms with Gasteiger partial charge in [0.15, 0.2) is 6.61 Å². The lowest BCUT2D eigenvalue weighted by Crippen LogP contribution is -2.35. The summed E-state index contributed by atoms with van der Waals surface area (Å²) in [6.07, 6.45) is 0.209. The number of hydrogen-bond donors (Lipinski definition) is 2. The Kier molecular flexibility index (Phi) is 7.51. The molecule has 7 heteroatoms. The second kappa shape index (κ2) is 10.3. The summed E-state index contributed by atoms with van der Waals surface area (Å²) in [5, 5.41) is 5.76. The van der Waals surface area contributed by atoms with Crippen LogP contribution in [-0.2, 0) is 14.4 Å². The summed E-state index contributed by atoms with van der Waals surface area (Å²) in [6.45, 7) is 8.82. The first-order chi connectivity index (χ1) is 15.2. The molecule has 3 rings (SSSR count). The molecule has 1 atom stereocenters. The number of hydrogen-bond acceptors (Lipinski definition) is 4. The van der Waals surface area contributed by atoms with E-state index in [1.54, 1.807) is 29.2 Å². The molecule has 7 nitrogen and oxygen atoms in total. The number of aryl methyl sites for hydroxylation is 2. The summed E-state index contributed by atoms with van der Waals surface area (Å²) in [7, 11) is 0. The van der Waals surface area contributed by atoms with Crippen molar-refractivity contribution in [2.75, 3.05) is 29.9 Å². The van der Waals surface area contributed by atoms with Crippen LogP contribution in [0.15, 0.2) is 42.5 Å². The first-order valence-corrected chi connectivity index (χ1v) is 10.9. The van der Waals surface area contributed by atoms with Crippen molar-refractivity contribution in [3.05, 3.63) is 53.6 Å². The Bertz CT molecular complexity index is 985. The molecule has 0 spiro atoms. The fraction of sp³-hybridized carbons (Fsp3) is 0.400. The monoisotopic (exact) mass is 437 g/mol. The zero-order valence-corrected chi connectivity index (χ0v) is 19.1. The molecule has 1 aliphatic rings. The molecule has 1 saturated heterocycles. The first kappa shape index (κ1) is 23.3. The van der Waals surface area contributed by atoms with Crippen molar-refractivity contribution in [3.63, 3.8) is 0 Å². The van der Waals surface area contributed by atoms with E-state index in [0.29, 0.717) is 30.4 Å². The van der Waals surface area contributed by atoms with Crippen LogP contribution in [0, 0.1) is 25.7 Å². The van der Waals surface area contributed by atoms with Gasteiger partial charge >= 0.3 is 0 Å². The topological polar surface area (TPSA) is 87.7 Å². The number of anilines is 2. The summed E-state index contributed by atoms with van der Waals surface area (Å²) < 4.78 is 5.59. The predicted molar refractivity (Wildman–Crippen MR) is 125 cm³/mol. The third kappa shape index (κ3) is 6.09. The van der Waals surface area contributed by atoms with Gasteiger partial charge in [-0.2, -0.15) is 0 Å². The lowest BCUT2D eigenvalue weighted by molar-refractivity contribution is -0.126. The molecular formula is C25H31N3O4. The van der Waals surface area contributed by atoms with Gasteiger partial charge in [0.25, 0.3) is 5.91 Å². The normalized spacial score (nSPS) is 15.7. The van der Waals surface area contributed by atoms with Gasteiger partial charge in [-0.1, -0.05) is 26.0 Å². The van der Waals surface area contributed by atoms with Crippen LogP contribution in [0.4, 0.5) is 11.4 Å². The van der Waals surface area contributed by atoms with Crippen LogP contribution in [0.1, 0.15) is 31.4 Å². The van der Waals surface area contributed by atoms with E-state index in [1.807, 2.05) is 45.9 Å². The van der Waals surface area contributed by atoms with E-state index < -0.39 is 0 Å². The predicted octanol–water partition coefficient (Wildman–Crippen LogP) is 3.45. The second-order valence-electron chi connectivity index (χ2n) is 8.69. The minimum Gasteiger partial charge on any atom is -0.484 e. The van der Waals surface area contributed by atoms with E-state index in [2.05, 4.69) is 10.6 Å². The van der Waals surface area contributed by atoms with Crippen LogP contribution >= 0.6 is 0 Å². The molecule has 2 N–H and O–H groups in total. The van der Waals surface area contributed by atoms with E-state index in [-0.39, 0.29) is 36.7 Å². The molecule has 32 heavy (non-hydrogen) atoms. The standard InChI is InChI=1S/C25H31N3O4/c1-16(2)13-26-25(31)19-12-24(30)28(14-19)20-7-9-21(10-8-20)32-15-23(29)27-22-11-17(3)5-6-18(22)4/h5-11,16,19H,12-15H2,1-4H3,(H,26,31)(H,27,29). The van der Waals surface area contributed by atoms with Crippen LogP contribution in [0.3, 0.4) is 0 Å². The molecule has 1 fully saturated rings. The van der Waals surface area contributed by atoms with Crippen LogP contribution in [0.5, 0.6) is 5.75 Å². The smallest absolute Gasteiger partial charge is 0.262 e. The molecule has 0 saturated carbocycles. The average molecular weight is 438 g/mol. The summed E-state index contributed by atoms with van der Waals surface area (Å²) in [6, 6.07) is 12.9. The summed E-state index contributed by atoms with van der Waals surface area (Å²) >= 11 is 0. The van der Waals surface area contributed by atoms with E-state index in [4.69, 9.17) is 4.74 Å². The van der Waals surface area contributed by atoms with Crippen LogP contribution in [0.25, 0.3) is 0 Å². The Hall–Kier alpha value is -3.35. The van der Waals surface area contributed by atoms with Gasteiger partial charge in [-0.3, -0.25) is 14.4 Å². The molecule has 2 aromatic carbocycles. The molecule has 0 bridgehead atoms. The fourth-order valence-electron chi connectivity index (χ4n) is 3.51. The highest BCUT2D eigenvalue weighted by atomic mass is 16.5. The van der Waals surface area contributed by atoms with E-state index in [1.165, 1.54) is 0 Å². The average Bonchev–Trinajstić information content (AvgIpc) is 3.15. The van der Waals surface area contributed by atoms with E-state index in [0.717, 1.165) is 16.8 Å². The van der Waals surface area contributed by atoms with Gasteiger partial charge in [0.2, 0.25) is 11.8 Å². The first-order valence-electron chi connectivity index (χ1n) is 10.9. The molecule has 0 aliphatic carbocycles. The van der Waals surface area contributed by atoms with Crippen molar-refractivity contribution in [1.29, 1.82) is 0 Å². The lowest BCUT2D eigenvalue weighted by Gasteiger charge is -2.17. The van der Waals surface area contributed by atoms with Crippen molar-refractivity contribution in [2.45, 2.75) is 34.1 Å². The van der Waals surface area contributed by atoms with Gasteiger partial charge in [0.1, 0.15) is 5.75 Å². The molecule has 0 radical (unpaired) electrons. The van der Waals surface area contributed by atoms with Crippen LogP contribution in [-0.4, -0.2) is 37.4 Å². The quantitative estimate of drug-likeness (QED) is 0.662. The summed E-state index contributed by atoms with van der Waals surface area (Å²) in [4.78, 5) is 38.6. The molecule has 3 amide bonds. The van der Waals surface area contributed by atoms with Gasteiger partial charge in [-0.05, 0) is 61.2 Å². The third-order valence-corrected chi connectivity index (χ3v) is 5.37. The van der Waals surface area contributed by atoms with Crippen molar-refractivity contribution in [1.82, 2.24) is 5.32 Å². The van der Waals surface area contributed by atoms with Gasteiger partial charge in [-0.25, -0.2) is 0 Å². The number of nitrogens with one attached hydrogen (secondary N) is 2. The second-order valence-corrected chi connectivity index (χ2v) is 8.69. The number of amides is 3. The van der Waals surface area contributed by atoms with Crippen molar-refractivity contribution >= 4 is 29.1 Å². The molecule has 0 aromatic heterocycles. The highest BCUT2D eigenvalue weighted by Crippen LogP contribution is 2.27. The molecule has 1 aliphatic heterocycles. The SMILES string of the molecule is Cc1ccc(C)c(NC(=O)COc2ccc(N3CC(C(=O)NCC(C)C)CC3=O)cc2)c1. The van der Waals surface area contributed by atoms with E-state index in [9.17, 15) is 14.4 Å². The number of benzene rings is 2. The van der Waals surface area contributed by atoms with Gasteiger partial charge in [-0.15, -0.1) is 0 Å². The van der Waals surface area contributed by atoms with Crippen molar-refractivity contribution in [3.8, 4) is 5.75 Å². The Morgan fingerprint density at radius 1 is 1.12 bits per heavy atom. The molecule has 170 valence electrons. The number of carbonyl (C=O) groups is 3. The fourth-order valence-corrected chi connectivity index (χ4v) is 3.51. The number of ether oxygens (including phenoxy) is 1. The Morgan fingerprint density at radius 2 is 1.84 bits per heavy atom. The minimum absolute atomic E-state index is 0.0729. The Labute approximate surface area is 189 Å². The highest BCUT2D eigenvalue weighted by molar-refractivity contribution is 6.00. The summed E-state index contributed by atoms with van der Waals surface area (Å²) in [5.74, 6) is 0.157. The molecule has 1 heterocycles. The molecule has 1 unspecified atom stereocenters. The van der Waals surface area contributed by atoms with Crippen molar-refractivity contribution < 1.29 is 19.1 Å². The van der Waals surface area contributed by atoms with Gasteiger partial charge in [0, 0.05) is 30.9 Å². The minimum atomic E-state index is -0.342. The maximum absolute atomic E-state index is 12.4. The van der Waals surface area contributed by atoms with Crippen molar-refractivity contribution in [2.24, 2.45) is 11.8 Å². The number of rotatable bonds is 8. The lowest BCUT2D eigenvalue weighted by atomic mass is 10.1. The van der Waals surface area contributed by atoms with E-state index >= 15 is 0 Å². The largest absolute Gasteiger partial charge is 0.484 e. The Morgan fingerprint density at radius 3 is 2.53 bits per heavy atom. The maximum Gasteiger partial charge on any atom is 0.262 e. The Balaban J connectivity index is 1.52. The maximum atomic E-state index is 12.4. The van der Waals surface area contributed by atoms with Gasteiger partial charge in [0.05, 0.1) is 5.92 Å². The summed E-state index contributed by atoms with van der Waals surface area (Å²) in [5.41, 5.74) is 3.54.